The first kappa shape index (κ1) is 17.2. The van der Waals surface area contributed by atoms with E-state index in [4.69, 9.17) is 0 Å². The summed E-state index contributed by atoms with van der Waals surface area (Å²) in [5.41, 5.74) is 3.34. The van der Waals surface area contributed by atoms with Gasteiger partial charge in [0.1, 0.15) is 0 Å². The summed E-state index contributed by atoms with van der Waals surface area (Å²) in [6.07, 6.45) is 3.72. The van der Waals surface area contributed by atoms with Crippen LogP contribution in [0.2, 0.25) is 0 Å². The molecule has 4 rings (SSSR count). The molecular formula is C20H19N5OS. The van der Waals surface area contributed by atoms with Crippen LogP contribution in [0.1, 0.15) is 16.1 Å². The summed E-state index contributed by atoms with van der Waals surface area (Å²) in [6, 6.07) is 15.8. The van der Waals surface area contributed by atoms with Gasteiger partial charge in [0, 0.05) is 32.4 Å². The minimum Gasteiger partial charge on any atom is -0.336 e. The maximum absolute atomic E-state index is 12.8. The summed E-state index contributed by atoms with van der Waals surface area (Å²) in [7, 11) is 3.64. The van der Waals surface area contributed by atoms with Gasteiger partial charge in [-0.2, -0.15) is 10.2 Å². The lowest BCUT2D eigenvalue weighted by Gasteiger charge is -2.14. The summed E-state index contributed by atoms with van der Waals surface area (Å²) in [5.74, 6) is -0.110. The third kappa shape index (κ3) is 3.54. The monoisotopic (exact) mass is 377 g/mol. The van der Waals surface area contributed by atoms with Crippen molar-refractivity contribution in [3.05, 3.63) is 77.6 Å². The van der Waals surface area contributed by atoms with Crippen LogP contribution in [0.25, 0.3) is 16.3 Å². The standard InChI is InChI=1S/C20H19N5OS/c1-23(13-15-12-21-25(14-15)16-7-4-3-5-8-16)20(26)17-11-18(24(2)22-17)19-9-6-10-27-19/h3-12,14H,13H2,1-2H3. The van der Waals surface area contributed by atoms with E-state index in [1.54, 1.807) is 34.2 Å². The predicted molar refractivity (Wildman–Crippen MR) is 106 cm³/mol. The molecule has 1 aromatic carbocycles. The van der Waals surface area contributed by atoms with Crippen LogP contribution in [0.15, 0.2) is 66.3 Å². The zero-order valence-electron chi connectivity index (χ0n) is 15.1. The highest BCUT2D eigenvalue weighted by atomic mass is 32.1. The normalized spacial score (nSPS) is 10.9. The predicted octanol–water partition coefficient (Wildman–Crippen LogP) is 3.61. The molecule has 0 N–H and O–H groups in total. The first-order valence-electron chi connectivity index (χ1n) is 8.54. The van der Waals surface area contributed by atoms with Crippen molar-refractivity contribution < 1.29 is 4.79 Å². The van der Waals surface area contributed by atoms with Gasteiger partial charge >= 0.3 is 0 Å². The first-order valence-corrected chi connectivity index (χ1v) is 9.42. The highest BCUT2D eigenvalue weighted by Gasteiger charge is 2.18. The molecular weight excluding hydrogens is 358 g/mol. The summed E-state index contributed by atoms with van der Waals surface area (Å²) in [5, 5.41) is 10.8. The van der Waals surface area contributed by atoms with Crippen molar-refractivity contribution in [1.29, 1.82) is 0 Å². The van der Waals surface area contributed by atoms with E-state index in [2.05, 4.69) is 10.2 Å². The number of amides is 1. The highest BCUT2D eigenvalue weighted by molar-refractivity contribution is 7.13. The van der Waals surface area contributed by atoms with E-state index in [1.807, 2.05) is 71.8 Å². The van der Waals surface area contributed by atoms with Crippen molar-refractivity contribution in [3.8, 4) is 16.3 Å². The molecule has 0 atom stereocenters. The third-order valence-electron chi connectivity index (χ3n) is 4.30. The second-order valence-corrected chi connectivity index (χ2v) is 7.25. The Labute approximate surface area is 161 Å². The van der Waals surface area contributed by atoms with Gasteiger partial charge in [0.05, 0.1) is 22.5 Å². The highest BCUT2D eigenvalue weighted by Crippen LogP contribution is 2.25. The zero-order valence-corrected chi connectivity index (χ0v) is 15.9. The molecule has 27 heavy (non-hydrogen) atoms. The van der Waals surface area contributed by atoms with Gasteiger partial charge < -0.3 is 4.90 Å². The fraction of sp³-hybridized carbons (Fsp3) is 0.150. The molecule has 0 aliphatic heterocycles. The minimum atomic E-state index is -0.110. The Morgan fingerprint density at radius 2 is 2.00 bits per heavy atom. The number of thiophene rings is 1. The number of hydrogen-bond acceptors (Lipinski definition) is 4. The molecule has 0 saturated heterocycles. The smallest absolute Gasteiger partial charge is 0.274 e. The van der Waals surface area contributed by atoms with Gasteiger partial charge in [0.15, 0.2) is 5.69 Å². The Kier molecular flexibility index (Phi) is 4.60. The number of carbonyl (C=O) groups is 1. The van der Waals surface area contributed by atoms with Gasteiger partial charge in [-0.25, -0.2) is 4.68 Å². The molecule has 0 unspecified atom stereocenters. The largest absolute Gasteiger partial charge is 0.336 e. The van der Waals surface area contributed by atoms with Crippen LogP contribution in [-0.4, -0.2) is 37.4 Å². The van der Waals surface area contributed by atoms with E-state index >= 15 is 0 Å². The van der Waals surface area contributed by atoms with Gasteiger partial charge in [-0.15, -0.1) is 11.3 Å². The summed E-state index contributed by atoms with van der Waals surface area (Å²) < 4.78 is 3.56. The van der Waals surface area contributed by atoms with E-state index in [-0.39, 0.29) is 5.91 Å². The lowest BCUT2D eigenvalue weighted by atomic mass is 10.2. The Morgan fingerprint density at radius 3 is 2.74 bits per heavy atom. The van der Waals surface area contributed by atoms with E-state index in [9.17, 15) is 4.79 Å². The Bertz CT molecular complexity index is 1050. The Morgan fingerprint density at radius 1 is 1.19 bits per heavy atom. The minimum absolute atomic E-state index is 0.110. The summed E-state index contributed by atoms with van der Waals surface area (Å²) in [6.45, 7) is 0.469. The molecule has 0 aliphatic rings. The van der Waals surface area contributed by atoms with Crippen molar-refractivity contribution in [2.24, 2.45) is 7.05 Å². The van der Waals surface area contributed by atoms with Gasteiger partial charge in [0.25, 0.3) is 5.91 Å². The number of rotatable bonds is 5. The quantitative estimate of drug-likeness (QED) is 0.534. The molecule has 4 aromatic rings. The van der Waals surface area contributed by atoms with Crippen molar-refractivity contribution >= 4 is 17.2 Å². The average Bonchev–Trinajstić information content (AvgIpc) is 3.42. The number of hydrogen-bond donors (Lipinski definition) is 0. The molecule has 0 fully saturated rings. The third-order valence-corrected chi connectivity index (χ3v) is 5.19. The van der Waals surface area contributed by atoms with E-state index in [0.717, 1.165) is 21.8 Å². The zero-order chi connectivity index (χ0) is 18.8. The van der Waals surface area contributed by atoms with Crippen LogP contribution >= 0.6 is 11.3 Å². The number of aromatic nitrogens is 4. The molecule has 0 bridgehead atoms. The second-order valence-electron chi connectivity index (χ2n) is 6.31. The van der Waals surface area contributed by atoms with Crippen LogP contribution in [0, 0.1) is 0 Å². The van der Waals surface area contributed by atoms with E-state index in [1.165, 1.54) is 0 Å². The summed E-state index contributed by atoms with van der Waals surface area (Å²) >= 11 is 1.63. The van der Waals surface area contributed by atoms with Crippen molar-refractivity contribution in [1.82, 2.24) is 24.5 Å². The lowest BCUT2D eigenvalue weighted by Crippen LogP contribution is -2.26. The molecule has 7 heteroatoms. The molecule has 0 radical (unpaired) electrons. The fourth-order valence-corrected chi connectivity index (χ4v) is 3.70. The van der Waals surface area contributed by atoms with E-state index in [0.29, 0.717) is 12.2 Å². The molecule has 1 amide bonds. The van der Waals surface area contributed by atoms with Crippen LogP contribution in [0.3, 0.4) is 0 Å². The van der Waals surface area contributed by atoms with Crippen LogP contribution in [-0.2, 0) is 13.6 Å². The van der Waals surface area contributed by atoms with Crippen molar-refractivity contribution in [3.63, 3.8) is 0 Å². The Hall–Kier alpha value is -3.19. The van der Waals surface area contributed by atoms with Crippen molar-refractivity contribution in [2.75, 3.05) is 7.05 Å². The molecule has 0 spiro atoms. The van der Waals surface area contributed by atoms with E-state index < -0.39 is 0 Å². The molecule has 6 nitrogen and oxygen atoms in total. The number of benzene rings is 1. The van der Waals surface area contributed by atoms with Crippen molar-refractivity contribution in [2.45, 2.75) is 6.54 Å². The summed E-state index contributed by atoms with van der Waals surface area (Å²) in [4.78, 5) is 15.5. The van der Waals surface area contributed by atoms with Gasteiger partial charge in [0.2, 0.25) is 0 Å². The number of carbonyl (C=O) groups excluding carboxylic acids is 1. The maximum atomic E-state index is 12.8. The topological polar surface area (TPSA) is 56.0 Å². The average molecular weight is 377 g/mol. The molecule has 3 aromatic heterocycles. The van der Waals surface area contributed by atoms with Gasteiger partial charge in [-0.05, 0) is 29.6 Å². The van der Waals surface area contributed by atoms with Gasteiger partial charge in [-0.1, -0.05) is 24.3 Å². The molecule has 0 saturated carbocycles. The first-order chi connectivity index (χ1) is 13.1. The number of para-hydroxylation sites is 1. The van der Waals surface area contributed by atoms with Crippen LogP contribution in [0.5, 0.6) is 0 Å². The maximum Gasteiger partial charge on any atom is 0.274 e. The van der Waals surface area contributed by atoms with Crippen LogP contribution in [0.4, 0.5) is 0 Å². The molecule has 0 aliphatic carbocycles. The molecule has 136 valence electrons. The van der Waals surface area contributed by atoms with Gasteiger partial charge in [-0.3, -0.25) is 9.48 Å². The molecule has 3 heterocycles. The fourth-order valence-electron chi connectivity index (χ4n) is 2.93. The number of nitrogens with zero attached hydrogens (tertiary/aromatic N) is 5. The second kappa shape index (κ2) is 7.20. The lowest BCUT2D eigenvalue weighted by molar-refractivity contribution is 0.0778. The van der Waals surface area contributed by atoms with Crippen LogP contribution < -0.4 is 0 Å². The Balaban J connectivity index is 1.49. The number of aryl methyl sites for hydroxylation is 1. The SMILES string of the molecule is CN(Cc1cnn(-c2ccccc2)c1)C(=O)c1cc(-c2cccs2)n(C)n1.